The number of rotatable bonds is 6. The van der Waals surface area contributed by atoms with Crippen LogP contribution in [0.15, 0.2) is 60.8 Å². The smallest absolute Gasteiger partial charge is 0.230 e. The molecule has 0 atom stereocenters. The number of nitrogens with zero attached hydrogens (tertiary/aromatic N) is 3. The first-order chi connectivity index (χ1) is 12.3. The van der Waals surface area contributed by atoms with Crippen molar-refractivity contribution in [3.63, 3.8) is 0 Å². The minimum Gasteiger partial charge on any atom is -0.497 e. The van der Waals surface area contributed by atoms with Crippen LogP contribution in [-0.2, 0) is 6.61 Å². The number of ether oxygens (including phenoxy) is 2. The predicted octanol–water partition coefficient (Wildman–Crippen LogP) is 3.68. The van der Waals surface area contributed by atoms with Crippen molar-refractivity contribution in [1.29, 1.82) is 5.26 Å². The fourth-order valence-electron chi connectivity index (χ4n) is 2.16. The topological polar surface area (TPSA) is 80.1 Å². The van der Waals surface area contributed by atoms with Gasteiger partial charge in [0.25, 0.3) is 0 Å². The van der Waals surface area contributed by atoms with Crippen LogP contribution >= 0.6 is 0 Å². The number of methoxy groups -OCH3 is 1. The average Bonchev–Trinajstić information content (AvgIpc) is 2.67. The summed E-state index contributed by atoms with van der Waals surface area (Å²) >= 11 is 0. The van der Waals surface area contributed by atoms with Gasteiger partial charge >= 0.3 is 0 Å². The molecule has 1 N–H and O–H groups in total. The lowest BCUT2D eigenvalue weighted by atomic mass is 10.2. The Hall–Kier alpha value is -3.59. The minimum atomic E-state index is 0.379. The van der Waals surface area contributed by atoms with Crippen molar-refractivity contribution in [2.24, 2.45) is 0 Å². The van der Waals surface area contributed by atoms with E-state index in [-0.39, 0.29) is 0 Å². The zero-order chi connectivity index (χ0) is 17.5. The zero-order valence-corrected chi connectivity index (χ0v) is 13.6. The molecular weight excluding hydrogens is 316 g/mol. The normalized spacial score (nSPS) is 9.92. The van der Waals surface area contributed by atoms with Gasteiger partial charge in [-0.05, 0) is 42.0 Å². The molecule has 0 aliphatic carbocycles. The van der Waals surface area contributed by atoms with Crippen LogP contribution in [0.3, 0.4) is 0 Å². The van der Waals surface area contributed by atoms with Crippen molar-refractivity contribution in [2.75, 3.05) is 12.4 Å². The summed E-state index contributed by atoms with van der Waals surface area (Å²) in [6.07, 6.45) is 1.62. The van der Waals surface area contributed by atoms with Crippen LogP contribution < -0.4 is 14.8 Å². The molecule has 0 saturated heterocycles. The molecule has 0 saturated carbocycles. The van der Waals surface area contributed by atoms with E-state index >= 15 is 0 Å². The first-order valence-electron chi connectivity index (χ1n) is 7.63. The molecule has 0 aliphatic rings. The standard InChI is InChI=1S/C19H16N4O2/c1-24-17-4-2-3-15(11-17)13-25-18-9-10-21-19(23-18)22-16-7-5-14(12-20)6-8-16/h2-11H,13H2,1H3,(H,21,22,23). The van der Waals surface area contributed by atoms with Gasteiger partial charge in [0.1, 0.15) is 12.4 Å². The second-order valence-corrected chi connectivity index (χ2v) is 5.17. The Kier molecular flexibility index (Phi) is 5.07. The lowest BCUT2D eigenvalue weighted by Gasteiger charge is -2.09. The fourth-order valence-corrected chi connectivity index (χ4v) is 2.16. The van der Waals surface area contributed by atoms with E-state index in [1.807, 2.05) is 24.3 Å². The van der Waals surface area contributed by atoms with Crippen molar-refractivity contribution in [3.05, 3.63) is 71.9 Å². The third-order valence-electron chi connectivity index (χ3n) is 3.42. The highest BCUT2D eigenvalue weighted by Gasteiger charge is 2.03. The summed E-state index contributed by atoms with van der Waals surface area (Å²) in [5, 5.41) is 11.9. The number of anilines is 2. The Morgan fingerprint density at radius 2 is 1.96 bits per heavy atom. The van der Waals surface area contributed by atoms with Gasteiger partial charge in [0, 0.05) is 18.0 Å². The lowest BCUT2D eigenvalue weighted by Crippen LogP contribution is -2.01. The first kappa shape index (κ1) is 16.3. The molecule has 3 aromatic rings. The molecule has 3 rings (SSSR count). The molecule has 0 amide bonds. The van der Waals surface area contributed by atoms with Crippen LogP contribution in [0.1, 0.15) is 11.1 Å². The van der Waals surface area contributed by atoms with Crippen molar-refractivity contribution in [2.45, 2.75) is 6.61 Å². The maximum atomic E-state index is 8.82. The summed E-state index contributed by atoms with van der Waals surface area (Å²) in [6.45, 7) is 0.379. The SMILES string of the molecule is COc1cccc(COc2ccnc(Nc3ccc(C#N)cc3)n2)c1. The number of nitrogens with one attached hydrogen (secondary N) is 1. The van der Waals surface area contributed by atoms with Gasteiger partial charge in [-0.25, -0.2) is 4.98 Å². The van der Waals surface area contributed by atoms with Gasteiger partial charge in [-0.15, -0.1) is 0 Å². The zero-order valence-electron chi connectivity index (χ0n) is 13.6. The fraction of sp³-hybridized carbons (Fsp3) is 0.105. The monoisotopic (exact) mass is 332 g/mol. The highest BCUT2D eigenvalue weighted by molar-refractivity contribution is 5.54. The van der Waals surface area contributed by atoms with E-state index in [0.717, 1.165) is 17.0 Å². The van der Waals surface area contributed by atoms with Crippen LogP contribution in [0.2, 0.25) is 0 Å². The van der Waals surface area contributed by atoms with Crippen molar-refractivity contribution in [1.82, 2.24) is 9.97 Å². The molecule has 1 heterocycles. The van der Waals surface area contributed by atoms with Crippen molar-refractivity contribution in [3.8, 4) is 17.7 Å². The molecule has 0 spiro atoms. The van der Waals surface area contributed by atoms with Gasteiger partial charge < -0.3 is 14.8 Å². The van der Waals surface area contributed by atoms with Gasteiger partial charge in [0.15, 0.2) is 0 Å². The molecule has 0 radical (unpaired) electrons. The van der Waals surface area contributed by atoms with Crippen LogP contribution in [0, 0.1) is 11.3 Å². The summed E-state index contributed by atoms with van der Waals surface area (Å²) in [4.78, 5) is 8.50. The second kappa shape index (κ2) is 7.79. The number of hydrogen-bond acceptors (Lipinski definition) is 6. The Labute approximate surface area is 145 Å². The number of aromatic nitrogens is 2. The van der Waals surface area contributed by atoms with E-state index in [4.69, 9.17) is 14.7 Å². The third kappa shape index (κ3) is 4.45. The lowest BCUT2D eigenvalue weighted by molar-refractivity contribution is 0.293. The van der Waals surface area contributed by atoms with Crippen LogP contribution in [0.25, 0.3) is 0 Å². The third-order valence-corrected chi connectivity index (χ3v) is 3.42. The first-order valence-corrected chi connectivity index (χ1v) is 7.63. The molecule has 1 aromatic heterocycles. The Balaban J connectivity index is 1.65. The molecule has 6 heteroatoms. The Morgan fingerprint density at radius 3 is 2.72 bits per heavy atom. The summed E-state index contributed by atoms with van der Waals surface area (Å²) in [5.74, 6) is 1.67. The van der Waals surface area contributed by atoms with E-state index in [9.17, 15) is 0 Å². The highest BCUT2D eigenvalue weighted by Crippen LogP contribution is 2.18. The second-order valence-electron chi connectivity index (χ2n) is 5.17. The van der Waals surface area contributed by atoms with Gasteiger partial charge in [-0.3, -0.25) is 0 Å². The number of hydrogen-bond donors (Lipinski definition) is 1. The molecule has 25 heavy (non-hydrogen) atoms. The van der Waals surface area contributed by atoms with Gasteiger partial charge in [0.2, 0.25) is 11.8 Å². The maximum Gasteiger partial charge on any atom is 0.230 e. The maximum absolute atomic E-state index is 8.82. The highest BCUT2D eigenvalue weighted by atomic mass is 16.5. The molecular formula is C19H16N4O2. The van der Waals surface area contributed by atoms with Crippen LogP contribution in [0.5, 0.6) is 11.6 Å². The molecule has 0 fully saturated rings. The van der Waals surface area contributed by atoms with E-state index in [1.54, 1.807) is 43.6 Å². The van der Waals surface area contributed by atoms with Gasteiger partial charge in [-0.1, -0.05) is 12.1 Å². The van der Waals surface area contributed by atoms with E-state index in [1.165, 1.54) is 0 Å². The van der Waals surface area contributed by atoms with E-state index in [0.29, 0.717) is 24.0 Å². The molecule has 0 unspecified atom stereocenters. The summed E-state index contributed by atoms with van der Waals surface area (Å²) < 4.78 is 10.9. The number of nitriles is 1. The van der Waals surface area contributed by atoms with E-state index < -0.39 is 0 Å². The van der Waals surface area contributed by atoms with Crippen molar-refractivity contribution < 1.29 is 9.47 Å². The van der Waals surface area contributed by atoms with Crippen LogP contribution in [0.4, 0.5) is 11.6 Å². The minimum absolute atomic E-state index is 0.379. The Morgan fingerprint density at radius 1 is 1.12 bits per heavy atom. The van der Waals surface area contributed by atoms with Gasteiger partial charge in [0.05, 0.1) is 18.7 Å². The van der Waals surface area contributed by atoms with E-state index in [2.05, 4.69) is 21.4 Å². The van der Waals surface area contributed by atoms with Gasteiger partial charge in [-0.2, -0.15) is 10.2 Å². The number of benzene rings is 2. The largest absolute Gasteiger partial charge is 0.497 e. The Bertz CT molecular complexity index is 888. The van der Waals surface area contributed by atoms with Crippen molar-refractivity contribution >= 4 is 11.6 Å². The van der Waals surface area contributed by atoms with Crippen LogP contribution in [-0.4, -0.2) is 17.1 Å². The quantitative estimate of drug-likeness (QED) is 0.742. The molecule has 2 aromatic carbocycles. The molecule has 0 aliphatic heterocycles. The summed E-state index contributed by atoms with van der Waals surface area (Å²) in [5.41, 5.74) is 2.38. The molecule has 0 bridgehead atoms. The molecule has 6 nitrogen and oxygen atoms in total. The average molecular weight is 332 g/mol. The molecule has 124 valence electrons. The summed E-state index contributed by atoms with van der Waals surface area (Å²) in [6, 6.07) is 18.5. The summed E-state index contributed by atoms with van der Waals surface area (Å²) in [7, 11) is 1.63. The predicted molar refractivity (Wildman–Crippen MR) is 93.8 cm³/mol.